The van der Waals surface area contributed by atoms with Crippen LogP contribution >= 0.6 is 11.3 Å². The molecule has 1 aromatic carbocycles. The molecule has 21 heavy (non-hydrogen) atoms. The molecule has 0 unspecified atom stereocenters. The van der Waals surface area contributed by atoms with E-state index < -0.39 is 0 Å². The zero-order valence-corrected chi connectivity index (χ0v) is 12.3. The molecule has 108 valence electrons. The lowest BCUT2D eigenvalue weighted by Crippen LogP contribution is -2.37. The van der Waals surface area contributed by atoms with E-state index in [0.29, 0.717) is 11.6 Å². The van der Waals surface area contributed by atoms with Crippen molar-refractivity contribution in [3.05, 3.63) is 46.7 Å². The predicted molar refractivity (Wildman–Crippen MR) is 83.3 cm³/mol. The Hall–Kier alpha value is -2.14. The first-order chi connectivity index (χ1) is 10.2. The third-order valence-corrected chi connectivity index (χ3v) is 4.01. The Morgan fingerprint density at radius 2 is 2.05 bits per heavy atom. The molecule has 1 fully saturated rings. The monoisotopic (exact) mass is 300 g/mol. The van der Waals surface area contributed by atoms with Crippen molar-refractivity contribution in [1.29, 1.82) is 0 Å². The van der Waals surface area contributed by atoms with Gasteiger partial charge in [0.25, 0.3) is 5.91 Å². The maximum atomic E-state index is 12.1. The fraction of sp³-hybridized carbons (Fsp3) is 0.250. The van der Waals surface area contributed by atoms with Crippen LogP contribution in [-0.4, -0.2) is 24.4 Å². The molecule has 1 aromatic heterocycles. The number of benzene rings is 1. The molecule has 5 heteroatoms. The second kappa shape index (κ2) is 6.10. The standard InChI is InChI=1S/C16H16N2O2S/c19-15(18-14-4-5-14)9-17-16(20)12-3-1-2-11(8-12)13-6-7-21-10-13/h1-3,6-8,10,14H,4-5,9H2,(H,17,20)(H,18,19). The van der Waals surface area contributed by atoms with Crippen LogP contribution < -0.4 is 10.6 Å². The highest BCUT2D eigenvalue weighted by Gasteiger charge is 2.23. The number of rotatable bonds is 5. The molecule has 0 bridgehead atoms. The summed E-state index contributed by atoms with van der Waals surface area (Å²) in [4.78, 5) is 23.6. The van der Waals surface area contributed by atoms with Crippen molar-refractivity contribution in [3.63, 3.8) is 0 Å². The lowest BCUT2D eigenvalue weighted by molar-refractivity contribution is -0.120. The van der Waals surface area contributed by atoms with Gasteiger partial charge >= 0.3 is 0 Å². The molecule has 1 aliphatic carbocycles. The summed E-state index contributed by atoms with van der Waals surface area (Å²) in [5.74, 6) is -0.349. The van der Waals surface area contributed by atoms with E-state index in [4.69, 9.17) is 0 Å². The molecule has 3 rings (SSSR count). The Morgan fingerprint density at radius 1 is 1.19 bits per heavy atom. The van der Waals surface area contributed by atoms with E-state index in [9.17, 15) is 9.59 Å². The van der Waals surface area contributed by atoms with Gasteiger partial charge in [0, 0.05) is 11.6 Å². The maximum absolute atomic E-state index is 12.1. The van der Waals surface area contributed by atoms with E-state index in [-0.39, 0.29) is 18.4 Å². The summed E-state index contributed by atoms with van der Waals surface area (Å²) in [5, 5.41) is 9.54. The molecular weight excluding hydrogens is 284 g/mol. The van der Waals surface area contributed by atoms with Crippen molar-refractivity contribution >= 4 is 23.2 Å². The maximum Gasteiger partial charge on any atom is 0.251 e. The SMILES string of the molecule is O=C(CNC(=O)c1cccc(-c2ccsc2)c1)NC1CC1. The third-order valence-electron chi connectivity index (χ3n) is 3.33. The van der Waals surface area contributed by atoms with Crippen LogP contribution in [0.5, 0.6) is 0 Å². The Morgan fingerprint density at radius 3 is 2.76 bits per heavy atom. The molecular formula is C16H16N2O2S. The fourth-order valence-corrected chi connectivity index (χ4v) is 2.70. The summed E-state index contributed by atoms with van der Waals surface area (Å²) in [6.45, 7) is 0.0258. The summed E-state index contributed by atoms with van der Waals surface area (Å²) in [5.41, 5.74) is 2.67. The van der Waals surface area contributed by atoms with Crippen LogP contribution in [0.25, 0.3) is 11.1 Å². The number of carbonyl (C=O) groups excluding carboxylic acids is 2. The number of carbonyl (C=O) groups is 2. The first-order valence-corrected chi connectivity index (χ1v) is 7.87. The van der Waals surface area contributed by atoms with Crippen LogP contribution in [0.4, 0.5) is 0 Å². The lowest BCUT2D eigenvalue weighted by Gasteiger charge is -2.07. The van der Waals surface area contributed by atoms with Gasteiger partial charge in [0.05, 0.1) is 6.54 Å². The van der Waals surface area contributed by atoms with Gasteiger partial charge in [0.2, 0.25) is 5.91 Å². The highest BCUT2D eigenvalue weighted by Crippen LogP contribution is 2.22. The number of hydrogen-bond donors (Lipinski definition) is 2. The number of hydrogen-bond acceptors (Lipinski definition) is 3. The first-order valence-electron chi connectivity index (χ1n) is 6.92. The molecule has 0 aliphatic heterocycles. The van der Waals surface area contributed by atoms with Gasteiger partial charge in [0.15, 0.2) is 0 Å². The van der Waals surface area contributed by atoms with Crippen molar-refractivity contribution in [1.82, 2.24) is 10.6 Å². The average molecular weight is 300 g/mol. The van der Waals surface area contributed by atoms with Crippen LogP contribution in [0, 0.1) is 0 Å². The van der Waals surface area contributed by atoms with Crippen molar-refractivity contribution in [2.24, 2.45) is 0 Å². The Kier molecular flexibility index (Phi) is 4.01. The molecule has 2 aromatic rings. The van der Waals surface area contributed by atoms with E-state index in [1.54, 1.807) is 17.4 Å². The summed E-state index contributed by atoms with van der Waals surface area (Å²) < 4.78 is 0. The lowest BCUT2D eigenvalue weighted by atomic mass is 10.1. The van der Waals surface area contributed by atoms with Crippen LogP contribution in [0.2, 0.25) is 0 Å². The van der Waals surface area contributed by atoms with E-state index >= 15 is 0 Å². The predicted octanol–water partition coefficient (Wildman–Crippen LogP) is 2.42. The Bertz CT molecular complexity index is 648. The van der Waals surface area contributed by atoms with Gasteiger partial charge in [-0.05, 0) is 52.9 Å². The second-order valence-electron chi connectivity index (χ2n) is 5.12. The zero-order valence-electron chi connectivity index (χ0n) is 11.5. The molecule has 4 nitrogen and oxygen atoms in total. The summed E-state index contributed by atoms with van der Waals surface area (Å²) in [6, 6.07) is 9.76. The highest BCUT2D eigenvalue weighted by molar-refractivity contribution is 7.08. The smallest absolute Gasteiger partial charge is 0.251 e. The minimum atomic E-state index is -0.224. The summed E-state index contributed by atoms with van der Waals surface area (Å²) in [6.07, 6.45) is 2.09. The van der Waals surface area contributed by atoms with Crippen LogP contribution in [0.3, 0.4) is 0 Å². The van der Waals surface area contributed by atoms with Crippen molar-refractivity contribution in [2.45, 2.75) is 18.9 Å². The van der Waals surface area contributed by atoms with Gasteiger partial charge < -0.3 is 10.6 Å². The molecule has 0 spiro atoms. The number of nitrogens with one attached hydrogen (secondary N) is 2. The molecule has 1 aliphatic rings. The van der Waals surface area contributed by atoms with Gasteiger partial charge in [-0.15, -0.1) is 0 Å². The largest absolute Gasteiger partial charge is 0.352 e. The van der Waals surface area contributed by atoms with Crippen molar-refractivity contribution in [3.8, 4) is 11.1 Å². The van der Waals surface area contributed by atoms with Gasteiger partial charge in [-0.1, -0.05) is 12.1 Å². The van der Waals surface area contributed by atoms with Gasteiger partial charge in [-0.2, -0.15) is 11.3 Å². The molecule has 2 amide bonds. The van der Waals surface area contributed by atoms with Gasteiger partial charge in [0.1, 0.15) is 0 Å². The number of thiophene rings is 1. The Labute approximate surface area is 127 Å². The van der Waals surface area contributed by atoms with Crippen molar-refractivity contribution < 1.29 is 9.59 Å². The van der Waals surface area contributed by atoms with Crippen LogP contribution in [0.1, 0.15) is 23.2 Å². The number of amides is 2. The minimum absolute atomic E-state index is 0.0258. The topological polar surface area (TPSA) is 58.2 Å². The fourth-order valence-electron chi connectivity index (χ4n) is 2.04. The average Bonchev–Trinajstić information content (AvgIpc) is 3.14. The minimum Gasteiger partial charge on any atom is -0.352 e. The second-order valence-corrected chi connectivity index (χ2v) is 5.90. The molecule has 0 radical (unpaired) electrons. The Balaban J connectivity index is 1.61. The zero-order chi connectivity index (χ0) is 14.7. The normalized spacial score (nSPS) is 13.7. The summed E-state index contributed by atoms with van der Waals surface area (Å²) >= 11 is 1.62. The van der Waals surface area contributed by atoms with E-state index in [2.05, 4.69) is 10.6 Å². The molecule has 1 heterocycles. The van der Waals surface area contributed by atoms with E-state index in [1.807, 2.05) is 35.0 Å². The third kappa shape index (κ3) is 3.70. The summed E-state index contributed by atoms with van der Waals surface area (Å²) in [7, 11) is 0. The molecule has 0 atom stereocenters. The molecule has 0 saturated heterocycles. The highest BCUT2D eigenvalue weighted by atomic mass is 32.1. The first kappa shape index (κ1) is 13.8. The van der Waals surface area contributed by atoms with Gasteiger partial charge in [-0.3, -0.25) is 9.59 Å². The van der Waals surface area contributed by atoms with E-state index in [0.717, 1.165) is 24.0 Å². The quantitative estimate of drug-likeness (QED) is 0.891. The van der Waals surface area contributed by atoms with Crippen LogP contribution in [-0.2, 0) is 4.79 Å². The van der Waals surface area contributed by atoms with Crippen molar-refractivity contribution in [2.75, 3.05) is 6.54 Å². The van der Waals surface area contributed by atoms with Crippen LogP contribution in [0.15, 0.2) is 41.1 Å². The van der Waals surface area contributed by atoms with Gasteiger partial charge in [-0.25, -0.2) is 0 Å². The molecule has 1 saturated carbocycles. The molecule has 2 N–H and O–H groups in total. The van der Waals surface area contributed by atoms with E-state index in [1.165, 1.54) is 0 Å².